The highest BCUT2D eigenvalue weighted by Crippen LogP contribution is 2.25. The second kappa shape index (κ2) is 9.22. The van der Waals surface area contributed by atoms with Crippen molar-refractivity contribution in [1.29, 1.82) is 0 Å². The number of piperidine rings is 1. The summed E-state index contributed by atoms with van der Waals surface area (Å²) in [4.78, 5) is 34.6. The van der Waals surface area contributed by atoms with Crippen molar-refractivity contribution in [1.82, 2.24) is 29.9 Å². The van der Waals surface area contributed by atoms with E-state index in [1.165, 1.54) is 24.3 Å². The minimum atomic E-state index is -0.377. The van der Waals surface area contributed by atoms with E-state index in [2.05, 4.69) is 25.6 Å². The molecule has 174 valence electrons. The predicted molar refractivity (Wildman–Crippen MR) is 125 cm³/mol. The molecular weight excluding hydrogens is 461 g/mol. The van der Waals surface area contributed by atoms with Gasteiger partial charge in [0.15, 0.2) is 11.2 Å². The Labute approximate surface area is 198 Å². The van der Waals surface area contributed by atoms with Gasteiger partial charge in [0.1, 0.15) is 11.6 Å². The highest BCUT2D eigenvalue weighted by molar-refractivity contribution is 6.31. The minimum absolute atomic E-state index is 0.150. The Balaban J connectivity index is 1.37. The summed E-state index contributed by atoms with van der Waals surface area (Å²) in [5.74, 6) is -0.0438. The van der Waals surface area contributed by atoms with Crippen LogP contribution in [-0.4, -0.2) is 49.0 Å². The van der Waals surface area contributed by atoms with Gasteiger partial charge < -0.3 is 15.2 Å². The molecule has 2 aromatic carbocycles. The number of hydrogen-bond acceptors (Lipinski definition) is 5. The molecule has 0 bridgehead atoms. The van der Waals surface area contributed by atoms with Crippen molar-refractivity contribution in [3.8, 4) is 0 Å². The second-order valence-electron chi connectivity index (χ2n) is 8.18. The zero-order chi connectivity index (χ0) is 23.7. The van der Waals surface area contributed by atoms with Gasteiger partial charge in [-0.1, -0.05) is 35.0 Å². The van der Waals surface area contributed by atoms with Crippen LogP contribution in [0.5, 0.6) is 0 Å². The van der Waals surface area contributed by atoms with E-state index in [9.17, 15) is 14.0 Å². The third-order valence-electron chi connectivity index (χ3n) is 5.86. The molecule has 9 nitrogen and oxygen atoms in total. The summed E-state index contributed by atoms with van der Waals surface area (Å²) in [6.07, 6.45) is 1.52. The molecule has 0 radical (unpaired) electrons. The van der Waals surface area contributed by atoms with E-state index in [4.69, 9.17) is 11.6 Å². The number of fused-ring (bicyclic) bond motifs is 1. The van der Waals surface area contributed by atoms with Gasteiger partial charge in [0, 0.05) is 29.7 Å². The monoisotopic (exact) mass is 481 g/mol. The molecule has 1 fully saturated rings. The molecule has 11 heteroatoms. The average molecular weight is 482 g/mol. The molecule has 2 aromatic heterocycles. The molecule has 0 saturated carbocycles. The molecule has 1 aliphatic heterocycles. The molecule has 0 spiro atoms. The van der Waals surface area contributed by atoms with Gasteiger partial charge in [0.2, 0.25) is 0 Å². The van der Waals surface area contributed by atoms with E-state index in [1.54, 1.807) is 15.6 Å². The van der Waals surface area contributed by atoms with E-state index in [0.717, 1.165) is 18.4 Å². The van der Waals surface area contributed by atoms with Gasteiger partial charge in [-0.05, 0) is 48.7 Å². The Morgan fingerprint density at radius 2 is 2.00 bits per heavy atom. The summed E-state index contributed by atoms with van der Waals surface area (Å²) in [5, 5.41) is 11.5. The number of halogens is 2. The number of anilines is 1. The Morgan fingerprint density at radius 1 is 1.21 bits per heavy atom. The summed E-state index contributed by atoms with van der Waals surface area (Å²) in [6.45, 7) is 1.28. The summed E-state index contributed by atoms with van der Waals surface area (Å²) < 4.78 is 14.7. The molecule has 1 unspecified atom stereocenters. The van der Waals surface area contributed by atoms with Crippen LogP contribution in [0.15, 0.2) is 53.3 Å². The Bertz CT molecular complexity index is 1400. The first-order valence-corrected chi connectivity index (χ1v) is 11.2. The molecule has 1 aliphatic rings. The van der Waals surface area contributed by atoms with E-state index >= 15 is 0 Å². The van der Waals surface area contributed by atoms with Gasteiger partial charge in [0.05, 0.1) is 6.54 Å². The molecule has 0 aliphatic carbocycles. The molecular formula is C23H21ClFN7O2. The van der Waals surface area contributed by atoms with E-state index in [1.807, 2.05) is 18.2 Å². The van der Waals surface area contributed by atoms with E-state index in [-0.39, 0.29) is 28.8 Å². The van der Waals surface area contributed by atoms with Crippen LogP contribution in [0.3, 0.4) is 0 Å². The smallest absolute Gasteiger partial charge is 0.321 e. The fourth-order valence-electron chi connectivity index (χ4n) is 4.09. The summed E-state index contributed by atoms with van der Waals surface area (Å²) in [5.41, 5.74) is 1.49. The lowest BCUT2D eigenvalue weighted by Gasteiger charge is -2.32. The number of amides is 2. The topological polar surface area (TPSA) is 109 Å². The normalized spacial score (nSPS) is 16.1. The van der Waals surface area contributed by atoms with Crippen LogP contribution in [0.2, 0.25) is 5.02 Å². The number of rotatable bonds is 4. The van der Waals surface area contributed by atoms with Crippen LogP contribution in [-0.2, 0) is 6.54 Å². The largest absolute Gasteiger partial charge is 0.324 e. The van der Waals surface area contributed by atoms with Gasteiger partial charge in [-0.25, -0.2) is 18.9 Å². The maximum atomic E-state index is 13.1. The second-order valence-corrected chi connectivity index (χ2v) is 8.59. The van der Waals surface area contributed by atoms with Crippen LogP contribution in [0, 0.1) is 5.82 Å². The first kappa shape index (κ1) is 22.0. The SMILES string of the molecule is O=C(Nc1ccc(F)cc1)N1CCCC(c2nc3c(nnn3Cc3ccccc3Cl)c(=O)[nH]2)C1. The van der Waals surface area contributed by atoms with Crippen molar-refractivity contribution in [3.05, 3.63) is 81.1 Å². The number of aromatic nitrogens is 5. The summed E-state index contributed by atoms with van der Waals surface area (Å²) in [7, 11) is 0. The molecule has 5 rings (SSSR count). The number of likely N-dealkylation sites (tertiary alicyclic amines) is 1. The molecule has 3 heterocycles. The van der Waals surface area contributed by atoms with E-state index in [0.29, 0.717) is 41.8 Å². The Kier molecular flexibility index (Phi) is 5.97. The molecule has 4 aromatic rings. The van der Waals surface area contributed by atoms with Gasteiger partial charge in [0.25, 0.3) is 5.56 Å². The van der Waals surface area contributed by atoms with Crippen LogP contribution < -0.4 is 10.9 Å². The highest BCUT2D eigenvalue weighted by Gasteiger charge is 2.27. The number of benzene rings is 2. The van der Waals surface area contributed by atoms with Crippen molar-refractivity contribution < 1.29 is 9.18 Å². The number of aromatic amines is 1. The summed E-state index contributed by atoms with van der Waals surface area (Å²) >= 11 is 6.28. The lowest BCUT2D eigenvalue weighted by atomic mass is 9.97. The van der Waals surface area contributed by atoms with Crippen LogP contribution in [0.1, 0.15) is 30.1 Å². The fraction of sp³-hybridized carbons (Fsp3) is 0.261. The zero-order valence-corrected chi connectivity index (χ0v) is 18.8. The first-order chi connectivity index (χ1) is 16.5. The lowest BCUT2D eigenvalue weighted by Crippen LogP contribution is -2.42. The van der Waals surface area contributed by atoms with Crippen LogP contribution >= 0.6 is 11.6 Å². The molecule has 1 atom stereocenters. The maximum Gasteiger partial charge on any atom is 0.321 e. The number of carbonyl (C=O) groups excluding carboxylic acids is 1. The quantitative estimate of drug-likeness (QED) is 0.461. The zero-order valence-electron chi connectivity index (χ0n) is 18.0. The van der Waals surface area contributed by atoms with Crippen molar-refractivity contribution in [2.24, 2.45) is 0 Å². The number of carbonyl (C=O) groups is 1. The number of urea groups is 1. The van der Waals surface area contributed by atoms with Gasteiger partial charge in [-0.15, -0.1) is 5.10 Å². The van der Waals surface area contributed by atoms with Crippen LogP contribution in [0.25, 0.3) is 11.2 Å². The highest BCUT2D eigenvalue weighted by atomic mass is 35.5. The van der Waals surface area contributed by atoms with Crippen molar-refractivity contribution in [2.75, 3.05) is 18.4 Å². The van der Waals surface area contributed by atoms with Gasteiger partial charge in [-0.2, -0.15) is 0 Å². The third kappa shape index (κ3) is 4.49. The number of nitrogens with one attached hydrogen (secondary N) is 2. The minimum Gasteiger partial charge on any atom is -0.324 e. The standard InChI is InChI=1S/C23H21ClFN7O2/c24-18-6-2-1-4-14(18)13-32-21-19(29-30-32)22(33)28-20(27-21)15-5-3-11-31(12-15)23(34)26-17-9-7-16(25)8-10-17/h1-2,4,6-10,15H,3,5,11-13H2,(H,26,34)(H,27,28,33). The molecule has 1 saturated heterocycles. The first-order valence-electron chi connectivity index (χ1n) is 10.9. The predicted octanol–water partition coefficient (Wildman–Crippen LogP) is 3.77. The van der Waals surface area contributed by atoms with Crippen LogP contribution in [0.4, 0.5) is 14.9 Å². The summed E-state index contributed by atoms with van der Waals surface area (Å²) in [6, 6.07) is 12.7. The van der Waals surface area contributed by atoms with Crippen molar-refractivity contribution in [2.45, 2.75) is 25.3 Å². The number of hydrogen-bond donors (Lipinski definition) is 2. The molecule has 2 N–H and O–H groups in total. The Morgan fingerprint density at radius 3 is 2.79 bits per heavy atom. The number of nitrogens with zero attached hydrogens (tertiary/aromatic N) is 5. The fourth-order valence-corrected chi connectivity index (χ4v) is 4.29. The lowest BCUT2D eigenvalue weighted by molar-refractivity contribution is 0.191. The van der Waals surface area contributed by atoms with Crippen molar-refractivity contribution in [3.63, 3.8) is 0 Å². The molecule has 2 amide bonds. The molecule has 34 heavy (non-hydrogen) atoms. The average Bonchev–Trinajstić information content (AvgIpc) is 3.25. The van der Waals surface area contributed by atoms with Gasteiger partial charge in [-0.3, -0.25) is 4.79 Å². The third-order valence-corrected chi connectivity index (χ3v) is 6.23. The Hall–Kier alpha value is -3.79. The maximum absolute atomic E-state index is 13.1. The van der Waals surface area contributed by atoms with E-state index < -0.39 is 0 Å². The van der Waals surface area contributed by atoms with Crippen molar-refractivity contribution >= 4 is 34.5 Å². The van der Waals surface area contributed by atoms with Gasteiger partial charge >= 0.3 is 6.03 Å². The number of H-pyrrole nitrogens is 1.